The zero-order valence-electron chi connectivity index (χ0n) is 33.1. The number of likely N-dealkylation sites (tertiary alicyclic amines) is 2. The number of imidazole rings is 2. The number of aryl methyl sites for hydroxylation is 2. The molecule has 0 bridgehead atoms. The Balaban J connectivity index is 0.987. The molecular weight excluding hydrogens is 707 g/mol. The van der Waals surface area contributed by atoms with Gasteiger partial charge in [-0.2, -0.15) is 0 Å². The molecule has 12 nitrogen and oxygen atoms in total. The van der Waals surface area contributed by atoms with E-state index in [1.807, 2.05) is 45.7 Å². The van der Waals surface area contributed by atoms with Crippen LogP contribution in [0.5, 0.6) is 0 Å². The van der Waals surface area contributed by atoms with Crippen molar-refractivity contribution in [3.05, 3.63) is 83.7 Å². The van der Waals surface area contributed by atoms with Crippen molar-refractivity contribution in [3.63, 3.8) is 0 Å². The van der Waals surface area contributed by atoms with Gasteiger partial charge in [0.25, 0.3) is 0 Å². The molecule has 2 saturated heterocycles. The number of aromatic amines is 2. The van der Waals surface area contributed by atoms with E-state index < -0.39 is 17.7 Å². The fraction of sp³-hybridized carbons (Fsp3) is 0.432. The number of H-pyrrole nitrogens is 2. The van der Waals surface area contributed by atoms with Crippen molar-refractivity contribution in [2.24, 2.45) is 5.92 Å². The lowest BCUT2D eigenvalue weighted by Gasteiger charge is -2.30. The van der Waals surface area contributed by atoms with Crippen molar-refractivity contribution >= 4 is 28.9 Å². The number of carbonyl (C=O) groups excluding carboxylic acids is 3. The first kappa shape index (κ1) is 37.3. The van der Waals surface area contributed by atoms with Gasteiger partial charge in [-0.3, -0.25) is 9.69 Å². The molecule has 0 saturated carbocycles. The second-order valence-corrected chi connectivity index (χ2v) is 16.7. The molecule has 12 heteroatoms. The summed E-state index contributed by atoms with van der Waals surface area (Å²) in [5.41, 5.74) is 8.19. The highest BCUT2D eigenvalue weighted by molar-refractivity contribution is 5.91. The smallest absolute Gasteiger partial charge is 0.410 e. The Morgan fingerprint density at radius 2 is 1.50 bits per heavy atom. The van der Waals surface area contributed by atoms with Gasteiger partial charge < -0.3 is 29.7 Å². The Morgan fingerprint density at radius 1 is 0.839 bits per heavy atom. The largest absolute Gasteiger partial charge is 0.453 e. The zero-order valence-corrected chi connectivity index (χ0v) is 33.1. The number of amides is 3. The molecule has 3 aliphatic rings. The van der Waals surface area contributed by atoms with Crippen molar-refractivity contribution < 1.29 is 23.9 Å². The second-order valence-electron chi connectivity index (χ2n) is 16.7. The number of benzene rings is 3. The summed E-state index contributed by atoms with van der Waals surface area (Å²) >= 11 is 0. The van der Waals surface area contributed by atoms with Gasteiger partial charge in [-0.25, -0.2) is 19.6 Å². The lowest BCUT2D eigenvalue weighted by molar-refractivity contribution is -0.135. The number of alkyl carbamates (subject to hydrolysis) is 1. The molecule has 0 radical (unpaired) electrons. The van der Waals surface area contributed by atoms with Crippen LogP contribution in [0.3, 0.4) is 0 Å². The number of hydrogen-bond donors (Lipinski definition) is 3. The van der Waals surface area contributed by atoms with Crippen molar-refractivity contribution in [2.45, 2.75) is 96.9 Å². The van der Waals surface area contributed by atoms with Crippen molar-refractivity contribution in [1.29, 1.82) is 0 Å². The maximum absolute atomic E-state index is 13.7. The van der Waals surface area contributed by atoms with Gasteiger partial charge in [0.05, 0.1) is 42.5 Å². The number of nitrogens with one attached hydrogen (secondary N) is 3. The summed E-state index contributed by atoms with van der Waals surface area (Å²) in [7, 11) is 1.31. The number of aromatic nitrogens is 4. The van der Waals surface area contributed by atoms with Crippen molar-refractivity contribution in [3.8, 4) is 33.6 Å². The van der Waals surface area contributed by atoms with Crippen molar-refractivity contribution in [1.82, 2.24) is 35.1 Å². The Morgan fingerprint density at radius 3 is 2.21 bits per heavy atom. The average Bonchev–Trinajstić information content (AvgIpc) is 4.01. The highest BCUT2D eigenvalue weighted by Crippen LogP contribution is 2.39. The molecule has 3 unspecified atom stereocenters. The molecule has 1 aliphatic carbocycles. The third kappa shape index (κ3) is 7.24. The van der Waals surface area contributed by atoms with E-state index in [9.17, 15) is 14.4 Å². The second kappa shape index (κ2) is 14.8. The minimum atomic E-state index is -0.671. The van der Waals surface area contributed by atoms with E-state index in [1.54, 1.807) is 4.90 Å². The molecule has 292 valence electrons. The van der Waals surface area contributed by atoms with E-state index in [2.05, 4.69) is 69.9 Å². The van der Waals surface area contributed by atoms with Crippen LogP contribution in [0.2, 0.25) is 0 Å². The maximum Gasteiger partial charge on any atom is 0.410 e. The SMILES string of the molecule is COC(=O)NC(C(=O)N1CCCC1c1nc2c([nH]1)-c1ccc(-c3ccc4cc(-c5cnc(C6CCCN6C(=O)OC(C)(C)C)[nH]5)ccc4c3)cc1CC2)C(C)C. The first-order valence-electron chi connectivity index (χ1n) is 19.8. The Kier molecular flexibility index (Phi) is 9.84. The summed E-state index contributed by atoms with van der Waals surface area (Å²) in [6.07, 6.45) is 6.09. The van der Waals surface area contributed by atoms with Gasteiger partial charge in [0, 0.05) is 24.2 Å². The normalized spacial score (nSPS) is 18.6. The van der Waals surface area contributed by atoms with Crippen LogP contribution in [-0.2, 0) is 27.1 Å². The number of hydrogen-bond acceptors (Lipinski definition) is 7. The highest BCUT2D eigenvalue weighted by Gasteiger charge is 2.39. The number of carbonyl (C=O) groups is 3. The molecule has 3 amide bonds. The molecular formula is C44H51N7O5. The molecule has 5 aromatic rings. The van der Waals surface area contributed by atoms with Crippen LogP contribution in [0.1, 0.15) is 95.3 Å². The summed E-state index contributed by atoms with van der Waals surface area (Å²) in [5, 5.41) is 5.01. The number of ether oxygens (including phenoxy) is 2. The highest BCUT2D eigenvalue weighted by atomic mass is 16.6. The molecule has 3 atom stereocenters. The Bertz CT molecular complexity index is 2300. The van der Waals surface area contributed by atoms with E-state index in [1.165, 1.54) is 12.7 Å². The number of methoxy groups -OCH3 is 1. The van der Waals surface area contributed by atoms with Gasteiger partial charge in [-0.1, -0.05) is 56.3 Å². The third-order valence-corrected chi connectivity index (χ3v) is 11.3. The molecule has 3 aromatic carbocycles. The Hall–Kier alpha value is -5.65. The van der Waals surface area contributed by atoms with Crippen LogP contribution >= 0.6 is 0 Å². The molecule has 2 aromatic heterocycles. The fourth-order valence-corrected chi connectivity index (χ4v) is 8.50. The Labute approximate surface area is 327 Å². The fourth-order valence-electron chi connectivity index (χ4n) is 8.50. The topological polar surface area (TPSA) is 146 Å². The van der Waals surface area contributed by atoms with Crippen LogP contribution in [0.15, 0.2) is 60.8 Å². The van der Waals surface area contributed by atoms with E-state index in [4.69, 9.17) is 19.4 Å². The molecule has 56 heavy (non-hydrogen) atoms. The first-order chi connectivity index (χ1) is 26.9. The van der Waals surface area contributed by atoms with Crippen LogP contribution in [-0.4, -0.2) is 79.7 Å². The average molecular weight is 758 g/mol. The van der Waals surface area contributed by atoms with E-state index >= 15 is 0 Å². The number of fused-ring (bicyclic) bond motifs is 4. The summed E-state index contributed by atoms with van der Waals surface area (Å²) in [4.78, 5) is 59.1. The molecule has 8 rings (SSSR count). The molecule has 2 fully saturated rings. The lowest BCUT2D eigenvalue weighted by atomic mass is 9.89. The maximum atomic E-state index is 13.7. The monoisotopic (exact) mass is 757 g/mol. The molecule has 4 heterocycles. The van der Waals surface area contributed by atoms with Crippen LogP contribution in [0, 0.1) is 5.92 Å². The van der Waals surface area contributed by atoms with Gasteiger partial charge in [-0.15, -0.1) is 0 Å². The summed E-state index contributed by atoms with van der Waals surface area (Å²) in [6, 6.07) is 18.7. The third-order valence-electron chi connectivity index (χ3n) is 11.3. The van der Waals surface area contributed by atoms with Gasteiger partial charge in [0.2, 0.25) is 5.91 Å². The molecule has 0 spiro atoms. The minimum absolute atomic E-state index is 0.0905. The van der Waals surface area contributed by atoms with Gasteiger partial charge >= 0.3 is 12.2 Å². The quantitative estimate of drug-likeness (QED) is 0.151. The minimum Gasteiger partial charge on any atom is -0.453 e. The van der Waals surface area contributed by atoms with Crippen molar-refractivity contribution in [2.75, 3.05) is 20.2 Å². The van der Waals surface area contributed by atoms with Gasteiger partial charge in [0.1, 0.15) is 23.3 Å². The predicted octanol–water partition coefficient (Wildman–Crippen LogP) is 8.50. The van der Waals surface area contributed by atoms with Gasteiger partial charge in [-0.05, 0) is 105 Å². The van der Waals surface area contributed by atoms with Crippen LogP contribution in [0.25, 0.3) is 44.4 Å². The summed E-state index contributed by atoms with van der Waals surface area (Å²) < 4.78 is 10.5. The lowest BCUT2D eigenvalue weighted by Crippen LogP contribution is -2.51. The molecule has 3 N–H and O–H groups in total. The molecule has 2 aliphatic heterocycles. The number of rotatable bonds is 7. The predicted molar refractivity (Wildman–Crippen MR) is 215 cm³/mol. The van der Waals surface area contributed by atoms with Crippen LogP contribution in [0.4, 0.5) is 9.59 Å². The zero-order chi connectivity index (χ0) is 39.3. The summed E-state index contributed by atoms with van der Waals surface area (Å²) in [6.45, 7) is 10.8. The first-order valence-corrected chi connectivity index (χ1v) is 19.8. The van der Waals surface area contributed by atoms with E-state index in [0.717, 1.165) is 100 Å². The van der Waals surface area contributed by atoms with E-state index in [0.29, 0.717) is 13.1 Å². The summed E-state index contributed by atoms with van der Waals surface area (Å²) in [5.74, 6) is 1.39. The standard InChI is InChI=1S/C44H51N7O5/c1-25(2)37(49-42(53)55-6)41(52)50-19-7-10-36(50)40-46-33-18-16-30-22-29(15-17-32(30)38(33)48-40)26-11-12-28-23-31(14-13-27(28)21-26)34-24-45-39(47-34)35-9-8-20-51(35)43(54)56-44(3,4)5/h11-15,17,21-25,35-37H,7-10,16,18-20H2,1-6H3,(H,45,47)(H,46,48)(H,49,53). The number of nitrogens with zero attached hydrogens (tertiary/aromatic N) is 4. The van der Waals surface area contributed by atoms with Gasteiger partial charge in [0.15, 0.2) is 0 Å². The van der Waals surface area contributed by atoms with Crippen LogP contribution < -0.4 is 5.32 Å². The van der Waals surface area contributed by atoms with E-state index in [-0.39, 0.29) is 30.0 Å².